The number of rotatable bonds is 2. The van der Waals surface area contributed by atoms with Gasteiger partial charge in [0.05, 0.1) is 21.5 Å². The highest BCUT2D eigenvalue weighted by molar-refractivity contribution is 6.31. The van der Waals surface area contributed by atoms with Crippen molar-refractivity contribution < 1.29 is 24.5 Å². The predicted molar refractivity (Wildman–Crippen MR) is 74.7 cm³/mol. The highest BCUT2D eigenvalue weighted by Crippen LogP contribution is 2.43. The summed E-state index contributed by atoms with van der Waals surface area (Å²) in [6.07, 6.45) is 0. The number of benzene rings is 2. The fraction of sp³-hybridized carbons (Fsp3) is 0. The Hall–Kier alpha value is -3.62. The molecule has 2 aromatic rings. The summed E-state index contributed by atoms with van der Waals surface area (Å²) >= 11 is 0. The highest BCUT2D eigenvalue weighted by atomic mass is 16.6. The van der Waals surface area contributed by atoms with E-state index in [1.54, 1.807) is 0 Å². The van der Waals surface area contributed by atoms with E-state index in [0.717, 1.165) is 0 Å². The summed E-state index contributed by atoms with van der Waals surface area (Å²) in [7, 11) is 0. The molecule has 0 fully saturated rings. The Labute approximate surface area is 127 Å². The molecule has 0 saturated heterocycles. The molecule has 0 aromatic heterocycles. The van der Waals surface area contributed by atoms with E-state index in [9.17, 15) is 34.9 Å². The number of nitrogens with zero attached hydrogens (tertiary/aromatic N) is 2. The van der Waals surface area contributed by atoms with E-state index in [1.165, 1.54) is 24.3 Å². The van der Waals surface area contributed by atoms with Gasteiger partial charge in [-0.1, -0.05) is 24.3 Å². The van der Waals surface area contributed by atoms with Crippen LogP contribution in [0.3, 0.4) is 0 Å². The summed E-state index contributed by atoms with van der Waals surface area (Å²) in [4.78, 5) is 45.0. The van der Waals surface area contributed by atoms with Crippen molar-refractivity contribution in [1.29, 1.82) is 0 Å². The molecular formula is C14H6N2O7. The molecule has 1 N–H and O–H groups in total. The molecule has 0 bridgehead atoms. The van der Waals surface area contributed by atoms with Crippen LogP contribution in [-0.4, -0.2) is 26.5 Å². The van der Waals surface area contributed by atoms with E-state index in [-0.39, 0.29) is 11.1 Å². The van der Waals surface area contributed by atoms with Crippen LogP contribution in [0.1, 0.15) is 31.8 Å². The van der Waals surface area contributed by atoms with Crippen molar-refractivity contribution in [3.05, 3.63) is 72.8 Å². The molecule has 9 nitrogen and oxygen atoms in total. The fourth-order valence-electron chi connectivity index (χ4n) is 2.53. The highest BCUT2D eigenvalue weighted by Gasteiger charge is 2.41. The molecule has 0 aliphatic heterocycles. The van der Waals surface area contributed by atoms with Gasteiger partial charge in [-0.25, -0.2) is 0 Å². The van der Waals surface area contributed by atoms with Crippen molar-refractivity contribution in [2.24, 2.45) is 0 Å². The molecule has 0 saturated carbocycles. The van der Waals surface area contributed by atoms with Crippen LogP contribution < -0.4 is 0 Å². The van der Waals surface area contributed by atoms with Gasteiger partial charge < -0.3 is 5.11 Å². The van der Waals surface area contributed by atoms with Gasteiger partial charge in [-0.3, -0.25) is 29.8 Å². The summed E-state index contributed by atoms with van der Waals surface area (Å²) in [5.41, 5.74) is -3.37. The molecule has 2 aromatic carbocycles. The first-order chi connectivity index (χ1) is 10.8. The minimum absolute atomic E-state index is 0.0543. The Morgan fingerprint density at radius 1 is 0.826 bits per heavy atom. The van der Waals surface area contributed by atoms with Gasteiger partial charge in [-0.05, 0) is 0 Å². The van der Waals surface area contributed by atoms with E-state index < -0.39 is 49.7 Å². The first-order valence-corrected chi connectivity index (χ1v) is 6.21. The number of fused-ring (bicyclic) bond motifs is 2. The Morgan fingerprint density at radius 3 is 1.78 bits per heavy atom. The maximum atomic E-state index is 12.5. The average molecular weight is 314 g/mol. The number of nitro benzene ring substituents is 2. The Balaban J connectivity index is 2.46. The fourth-order valence-corrected chi connectivity index (χ4v) is 2.53. The molecule has 0 amide bonds. The van der Waals surface area contributed by atoms with Gasteiger partial charge in [0.25, 0.3) is 5.69 Å². The van der Waals surface area contributed by atoms with Crippen LogP contribution in [0.25, 0.3) is 0 Å². The molecule has 1 aliphatic carbocycles. The number of aromatic hydroxyl groups is 1. The zero-order chi connectivity index (χ0) is 16.9. The Kier molecular flexibility index (Phi) is 2.93. The smallest absolute Gasteiger partial charge is 0.318 e. The summed E-state index contributed by atoms with van der Waals surface area (Å²) in [5, 5.41) is 32.1. The van der Waals surface area contributed by atoms with Crippen LogP contribution >= 0.6 is 0 Å². The zero-order valence-corrected chi connectivity index (χ0v) is 11.2. The number of phenols is 1. The molecule has 3 rings (SSSR count). The molecule has 114 valence electrons. The number of hydrogen-bond acceptors (Lipinski definition) is 7. The zero-order valence-electron chi connectivity index (χ0n) is 11.2. The maximum Gasteiger partial charge on any atom is 0.318 e. The molecule has 9 heteroatoms. The molecule has 23 heavy (non-hydrogen) atoms. The van der Waals surface area contributed by atoms with Crippen LogP contribution in [0.4, 0.5) is 11.4 Å². The van der Waals surface area contributed by atoms with Crippen molar-refractivity contribution in [3.63, 3.8) is 0 Å². The largest absolute Gasteiger partial charge is 0.502 e. The van der Waals surface area contributed by atoms with Crippen LogP contribution in [0, 0.1) is 20.2 Å². The lowest BCUT2D eigenvalue weighted by Gasteiger charge is -2.17. The van der Waals surface area contributed by atoms with Crippen molar-refractivity contribution in [3.8, 4) is 5.75 Å². The normalized spacial score (nSPS) is 12.5. The second-order valence-electron chi connectivity index (χ2n) is 4.73. The third-order valence-corrected chi connectivity index (χ3v) is 3.52. The van der Waals surface area contributed by atoms with Gasteiger partial charge in [-0.2, -0.15) is 0 Å². The molecule has 0 heterocycles. The van der Waals surface area contributed by atoms with Crippen LogP contribution in [0.15, 0.2) is 30.3 Å². The van der Waals surface area contributed by atoms with E-state index in [0.29, 0.717) is 6.07 Å². The first kappa shape index (κ1) is 14.3. The first-order valence-electron chi connectivity index (χ1n) is 6.21. The second kappa shape index (κ2) is 4.70. The lowest BCUT2D eigenvalue weighted by Crippen LogP contribution is -2.22. The summed E-state index contributed by atoms with van der Waals surface area (Å²) < 4.78 is 0. The monoisotopic (exact) mass is 314 g/mol. The number of phenolic OH excluding ortho intramolecular Hbond substituents is 1. The van der Waals surface area contributed by atoms with Gasteiger partial charge in [0.15, 0.2) is 5.78 Å². The third kappa shape index (κ3) is 1.87. The molecule has 0 atom stereocenters. The van der Waals surface area contributed by atoms with E-state index >= 15 is 0 Å². The molecule has 0 spiro atoms. The molecular weight excluding hydrogens is 308 g/mol. The third-order valence-electron chi connectivity index (χ3n) is 3.52. The Morgan fingerprint density at radius 2 is 1.30 bits per heavy atom. The van der Waals surface area contributed by atoms with E-state index in [4.69, 9.17) is 0 Å². The standard InChI is InChI=1S/C14H6N2O7/c17-12-6-3-1-2-4-7(6)13(18)11-10(12)8(15(20)21)5-9(14(11)19)16(22)23/h1-5,19H. The summed E-state index contributed by atoms with van der Waals surface area (Å²) in [5.74, 6) is -2.77. The second-order valence-corrected chi connectivity index (χ2v) is 4.73. The lowest BCUT2D eigenvalue weighted by atomic mass is 9.82. The van der Waals surface area contributed by atoms with Crippen LogP contribution in [-0.2, 0) is 0 Å². The summed E-state index contributed by atoms with van der Waals surface area (Å²) in [6.45, 7) is 0. The minimum Gasteiger partial charge on any atom is -0.502 e. The number of nitro groups is 2. The van der Waals surface area contributed by atoms with Gasteiger partial charge in [0, 0.05) is 11.1 Å². The topological polar surface area (TPSA) is 141 Å². The number of carbonyl (C=O) groups is 2. The average Bonchev–Trinajstić information content (AvgIpc) is 2.51. The van der Waals surface area contributed by atoms with Crippen molar-refractivity contribution in [2.75, 3.05) is 0 Å². The number of hydrogen-bond donors (Lipinski definition) is 1. The predicted octanol–water partition coefficient (Wildman–Crippen LogP) is 1.98. The molecule has 0 radical (unpaired) electrons. The molecule has 1 aliphatic rings. The van der Waals surface area contributed by atoms with Crippen molar-refractivity contribution >= 4 is 22.9 Å². The summed E-state index contributed by atoms with van der Waals surface area (Å²) in [6, 6.07) is 6.06. The Bertz CT molecular complexity index is 933. The SMILES string of the molecule is O=C1c2ccccc2C(=O)c2c(O)c([N+](=O)[O-])cc([N+](=O)[O-])c21. The van der Waals surface area contributed by atoms with E-state index in [1.807, 2.05) is 0 Å². The number of carbonyl (C=O) groups excluding carboxylic acids is 2. The van der Waals surface area contributed by atoms with Crippen molar-refractivity contribution in [1.82, 2.24) is 0 Å². The minimum atomic E-state index is -1.05. The van der Waals surface area contributed by atoms with Crippen LogP contribution in [0.5, 0.6) is 5.75 Å². The van der Waals surface area contributed by atoms with E-state index in [2.05, 4.69) is 0 Å². The quantitative estimate of drug-likeness (QED) is 0.563. The molecule has 0 unspecified atom stereocenters. The van der Waals surface area contributed by atoms with Gasteiger partial charge >= 0.3 is 5.69 Å². The maximum absolute atomic E-state index is 12.5. The van der Waals surface area contributed by atoms with Crippen molar-refractivity contribution in [2.45, 2.75) is 0 Å². The van der Waals surface area contributed by atoms with Crippen LogP contribution in [0.2, 0.25) is 0 Å². The van der Waals surface area contributed by atoms with Gasteiger partial charge in [0.2, 0.25) is 11.5 Å². The lowest BCUT2D eigenvalue weighted by molar-refractivity contribution is -0.394. The van der Waals surface area contributed by atoms with Gasteiger partial charge in [-0.15, -0.1) is 0 Å². The number of ketones is 2. The van der Waals surface area contributed by atoms with Gasteiger partial charge in [0.1, 0.15) is 5.56 Å².